The van der Waals surface area contributed by atoms with Crippen molar-refractivity contribution in [2.45, 2.75) is 302 Å². The third kappa shape index (κ3) is 41.2. The molecule has 0 amide bonds. The first kappa shape index (κ1) is 69.4. The molecule has 1 rings (SSSR count). The lowest BCUT2D eigenvalue weighted by Gasteiger charge is -2.40. The number of carboxylic acid groups (broad SMARTS) is 1. The average Bonchev–Trinajstić information content (AvgIpc) is 3.39. The molecule has 1 aliphatic heterocycles. The van der Waals surface area contributed by atoms with Gasteiger partial charge in [0.05, 0.1) is 6.61 Å². The fraction of sp³-hybridized carbons (Fsp3) is 0.778. The van der Waals surface area contributed by atoms with Crippen LogP contribution < -0.4 is 0 Å². The number of esters is 3. The Bertz CT molecular complexity index is 1540. The van der Waals surface area contributed by atoms with Gasteiger partial charge in [0, 0.05) is 19.3 Å². The zero-order valence-electron chi connectivity index (χ0n) is 47.5. The van der Waals surface area contributed by atoms with Gasteiger partial charge in [-0.05, 0) is 77.0 Å². The highest BCUT2D eigenvalue weighted by Gasteiger charge is 2.50. The summed E-state index contributed by atoms with van der Waals surface area (Å²) in [5.74, 6) is -3.14. The number of aliphatic hydroxyl groups excluding tert-OH is 2. The van der Waals surface area contributed by atoms with Crippen molar-refractivity contribution in [2.75, 3.05) is 13.2 Å². The van der Waals surface area contributed by atoms with Crippen LogP contribution in [0.5, 0.6) is 0 Å². The van der Waals surface area contributed by atoms with Crippen molar-refractivity contribution in [3.05, 3.63) is 60.8 Å². The number of aliphatic carboxylic acids is 1. The molecule has 432 valence electrons. The minimum absolute atomic E-state index is 0.0607. The molecular formula is C63H108O12. The Morgan fingerprint density at radius 1 is 0.453 bits per heavy atom. The van der Waals surface area contributed by atoms with Crippen LogP contribution in [0, 0.1) is 0 Å². The van der Waals surface area contributed by atoms with E-state index in [1.165, 1.54) is 70.6 Å². The van der Waals surface area contributed by atoms with Crippen molar-refractivity contribution < 1.29 is 58.2 Å². The summed E-state index contributed by atoms with van der Waals surface area (Å²) < 4.78 is 28.4. The highest BCUT2D eigenvalue weighted by Crippen LogP contribution is 2.26. The number of hydrogen-bond donors (Lipinski definition) is 3. The fourth-order valence-electron chi connectivity index (χ4n) is 8.95. The Balaban J connectivity index is 2.68. The van der Waals surface area contributed by atoms with E-state index in [0.717, 1.165) is 135 Å². The largest absolute Gasteiger partial charge is 0.479 e. The zero-order valence-corrected chi connectivity index (χ0v) is 47.5. The van der Waals surface area contributed by atoms with Gasteiger partial charge in [0.25, 0.3) is 0 Å². The quantitative estimate of drug-likeness (QED) is 0.0228. The predicted molar refractivity (Wildman–Crippen MR) is 303 cm³/mol. The third-order valence-electron chi connectivity index (χ3n) is 13.6. The lowest BCUT2D eigenvalue weighted by Crippen LogP contribution is -2.61. The SMILES string of the molecule is CC/C=C\C/C=C\C/C=C\CCCCCCCCCC(=O)OCC(COC1OC(C(=O)O)C(O)C(O)C1OC(=O)CCCCCCCCCCCCCCCCC)OC(=O)CCCCCCC/C=C\C/C=C\CCC. The van der Waals surface area contributed by atoms with E-state index in [0.29, 0.717) is 19.3 Å². The summed E-state index contributed by atoms with van der Waals surface area (Å²) >= 11 is 0. The first-order valence-electron chi connectivity index (χ1n) is 30.3. The number of unbranched alkanes of at least 4 members (excludes halogenated alkanes) is 27. The second-order valence-electron chi connectivity index (χ2n) is 20.6. The smallest absolute Gasteiger partial charge is 0.335 e. The Kier molecular flexibility index (Phi) is 47.4. The van der Waals surface area contributed by atoms with E-state index >= 15 is 0 Å². The van der Waals surface area contributed by atoms with E-state index in [1.54, 1.807) is 0 Å². The maximum Gasteiger partial charge on any atom is 0.335 e. The maximum absolute atomic E-state index is 13.1. The van der Waals surface area contributed by atoms with Gasteiger partial charge in [-0.2, -0.15) is 0 Å². The molecule has 0 radical (unpaired) electrons. The summed E-state index contributed by atoms with van der Waals surface area (Å²) in [6.07, 6.45) is 50.4. The van der Waals surface area contributed by atoms with Crippen LogP contribution in [0.3, 0.4) is 0 Å². The Hall–Kier alpha value is -3.58. The molecule has 0 aromatic heterocycles. The van der Waals surface area contributed by atoms with Gasteiger partial charge in [0.15, 0.2) is 24.6 Å². The second-order valence-corrected chi connectivity index (χ2v) is 20.6. The molecule has 6 unspecified atom stereocenters. The van der Waals surface area contributed by atoms with Gasteiger partial charge < -0.3 is 39.0 Å². The van der Waals surface area contributed by atoms with Gasteiger partial charge in [-0.3, -0.25) is 14.4 Å². The lowest BCUT2D eigenvalue weighted by atomic mass is 9.98. The second kappa shape index (κ2) is 51.2. The number of carbonyl (C=O) groups excluding carboxylic acids is 3. The molecule has 75 heavy (non-hydrogen) atoms. The summed E-state index contributed by atoms with van der Waals surface area (Å²) in [6.45, 7) is 5.81. The van der Waals surface area contributed by atoms with E-state index in [-0.39, 0.29) is 25.9 Å². The summed E-state index contributed by atoms with van der Waals surface area (Å²) in [5.41, 5.74) is 0. The minimum Gasteiger partial charge on any atom is -0.479 e. The van der Waals surface area contributed by atoms with Crippen LogP contribution in [0.4, 0.5) is 0 Å². The Labute approximate surface area is 456 Å². The highest BCUT2D eigenvalue weighted by molar-refractivity contribution is 5.74. The number of carboxylic acids is 1. The van der Waals surface area contributed by atoms with Gasteiger partial charge in [-0.15, -0.1) is 0 Å². The first-order valence-corrected chi connectivity index (χ1v) is 30.3. The van der Waals surface area contributed by atoms with Crippen LogP contribution >= 0.6 is 0 Å². The Morgan fingerprint density at radius 3 is 1.33 bits per heavy atom. The molecule has 0 bridgehead atoms. The van der Waals surface area contributed by atoms with E-state index in [1.807, 2.05) is 0 Å². The van der Waals surface area contributed by atoms with Crippen LogP contribution in [0.2, 0.25) is 0 Å². The standard InChI is InChI=1S/C63H108O12/c1-4-7-10-13-16-19-22-25-27-28-30-32-34-37-40-43-46-49-55(64)71-52-54(73-56(65)50-47-44-41-38-35-31-24-21-18-15-12-9-6-3)53-72-63-61(59(68)58(67)60(75-63)62(69)70)74-57(66)51-48-45-42-39-36-33-29-26-23-20-17-14-11-8-5-2/h7,10,12,15-16,19,21,24-25,27,54,58-61,63,67-68H,4-6,8-9,11,13-14,17-18,20,22-23,26,28-53H2,1-3H3,(H,69,70)/b10-7-,15-12-,19-16-,24-21-,27-25-. The monoisotopic (exact) mass is 1060 g/mol. The molecule has 0 saturated carbocycles. The van der Waals surface area contributed by atoms with Crippen LogP contribution in [0.1, 0.15) is 265 Å². The van der Waals surface area contributed by atoms with Crippen molar-refractivity contribution in [1.82, 2.24) is 0 Å². The minimum atomic E-state index is -1.90. The number of carbonyl (C=O) groups is 4. The van der Waals surface area contributed by atoms with Gasteiger partial charge in [-0.1, -0.05) is 229 Å². The van der Waals surface area contributed by atoms with Crippen LogP contribution in [0.15, 0.2) is 60.8 Å². The van der Waals surface area contributed by atoms with Crippen LogP contribution in [0.25, 0.3) is 0 Å². The van der Waals surface area contributed by atoms with E-state index in [9.17, 15) is 34.5 Å². The number of hydrogen-bond acceptors (Lipinski definition) is 11. The van der Waals surface area contributed by atoms with Crippen molar-refractivity contribution in [3.63, 3.8) is 0 Å². The van der Waals surface area contributed by atoms with E-state index in [2.05, 4.69) is 81.5 Å². The molecule has 6 atom stereocenters. The zero-order chi connectivity index (χ0) is 54.7. The molecule has 0 spiro atoms. The topological polar surface area (TPSA) is 175 Å². The molecule has 12 nitrogen and oxygen atoms in total. The van der Waals surface area contributed by atoms with E-state index < -0.39 is 67.3 Å². The normalized spacial score (nSPS) is 18.5. The van der Waals surface area contributed by atoms with Crippen molar-refractivity contribution in [1.29, 1.82) is 0 Å². The molecular weight excluding hydrogens is 949 g/mol. The molecule has 12 heteroatoms. The summed E-state index contributed by atoms with van der Waals surface area (Å²) in [6, 6.07) is 0. The maximum atomic E-state index is 13.1. The van der Waals surface area contributed by atoms with Gasteiger partial charge in [-0.25, -0.2) is 4.79 Å². The number of allylic oxidation sites excluding steroid dienone is 10. The molecule has 1 fully saturated rings. The third-order valence-corrected chi connectivity index (χ3v) is 13.6. The van der Waals surface area contributed by atoms with Crippen molar-refractivity contribution in [3.8, 4) is 0 Å². The Morgan fingerprint density at radius 2 is 0.867 bits per heavy atom. The number of aliphatic hydroxyl groups is 2. The summed E-state index contributed by atoms with van der Waals surface area (Å²) in [5, 5.41) is 31.5. The summed E-state index contributed by atoms with van der Waals surface area (Å²) in [4.78, 5) is 51.1. The predicted octanol–water partition coefficient (Wildman–Crippen LogP) is 15.6. The van der Waals surface area contributed by atoms with Gasteiger partial charge >= 0.3 is 23.9 Å². The molecule has 1 aliphatic rings. The highest BCUT2D eigenvalue weighted by atomic mass is 16.7. The fourth-order valence-corrected chi connectivity index (χ4v) is 8.95. The number of ether oxygens (including phenoxy) is 5. The summed E-state index contributed by atoms with van der Waals surface area (Å²) in [7, 11) is 0. The molecule has 0 aliphatic carbocycles. The lowest BCUT2D eigenvalue weighted by molar-refractivity contribution is -0.301. The molecule has 0 aromatic carbocycles. The van der Waals surface area contributed by atoms with Crippen molar-refractivity contribution >= 4 is 23.9 Å². The average molecular weight is 1060 g/mol. The van der Waals surface area contributed by atoms with Gasteiger partial charge in [0.1, 0.15) is 18.8 Å². The number of rotatable bonds is 51. The van der Waals surface area contributed by atoms with Crippen LogP contribution in [-0.2, 0) is 42.9 Å². The molecule has 0 aromatic rings. The van der Waals surface area contributed by atoms with Crippen molar-refractivity contribution in [2.24, 2.45) is 0 Å². The van der Waals surface area contributed by atoms with E-state index in [4.69, 9.17) is 23.7 Å². The first-order chi connectivity index (χ1) is 36.6. The molecule has 1 saturated heterocycles. The van der Waals surface area contributed by atoms with Gasteiger partial charge in [0.2, 0.25) is 0 Å². The van der Waals surface area contributed by atoms with Crippen LogP contribution in [-0.4, -0.2) is 89.2 Å². The molecule has 3 N–H and O–H groups in total. The molecule has 1 heterocycles.